The summed E-state index contributed by atoms with van der Waals surface area (Å²) in [4.78, 5) is 23.3. The van der Waals surface area contributed by atoms with Crippen LogP contribution in [-0.4, -0.2) is 23.8 Å². The van der Waals surface area contributed by atoms with Crippen LogP contribution in [0.1, 0.15) is 40.5 Å². The van der Waals surface area contributed by atoms with Crippen molar-refractivity contribution in [2.45, 2.75) is 24.8 Å². The van der Waals surface area contributed by atoms with E-state index in [1.807, 2.05) is 48.5 Å². The second kappa shape index (κ2) is 7.91. The predicted molar refractivity (Wildman–Crippen MR) is 117 cm³/mol. The first-order valence-corrected chi connectivity index (χ1v) is 10.5. The van der Waals surface area contributed by atoms with Crippen molar-refractivity contribution in [2.24, 2.45) is 5.92 Å². The molecule has 2 unspecified atom stereocenters. The van der Waals surface area contributed by atoms with Crippen LogP contribution in [0.25, 0.3) is 11.1 Å². The molecule has 3 aromatic rings. The lowest BCUT2D eigenvalue weighted by Gasteiger charge is -2.14. The highest BCUT2D eigenvalue weighted by Gasteiger charge is 2.44. The van der Waals surface area contributed by atoms with Crippen molar-refractivity contribution in [3.05, 3.63) is 95.1 Å². The standard InChI is InChI=1S/C26H23NO4/c28-25(29)23-13-22(23)17-11-9-16(10-12-17)14-27-26(30)31-15-24-20-7-3-1-5-18(20)19-6-2-4-8-21(19)24/h1-12,22-24H,13-15H2,(H,27,30)(H,28,29). The molecule has 3 aromatic carbocycles. The summed E-state index contributed by atoms with van der Waals surface area (Å²) >= 11 is 0. The molecule has 31 heavy (non-hydrogen) atoms. The molecule has 5 heteroatoms. The molecule has 0 spiro atoms. The van der Waals surface area contributed by atoms with Crippen LogP contribution in [0, 0.1) is 5.92 Å². The topological polar surface area (TPSA) is 75.6 Å². The van der Waals surface area contributed by atoms with E-state index in [1.54, 1.807) is 0 Å². The predicted octanol–water partition coefficient (Wildman–Crippen LogP) is 4.91. The maximum Gasteiger partial charge on any atom is 0.407 e. The fourth-order valence-electron chi connectivity index (χ4n) is 4.54. The third-order valence-corrected chi connectivity index (χ3v) is 6.30. The molecule has 1 fully saturated rings. The minimum Gasteiger partial charge on any atom is -0.481 e. The normalized spacial score (nSPS) is 18.7. The first-order valence-electron chi connectivity index (χ1n) is 10.5. The average Bonchev–Trinajstić information content (AvgIpc) is 3.54. The van der Waals surface area contributed by atoms with Gasteiger partial charge in [-0.1, -0.05) is 72.8 Å². The minimum absolute atomic E-state index is 0.0400. The van der Waals surface area contributed by atoms with Gasteiger partial charge in [0.2, 0.25) is 0 Å². The lowest BCUT2D eigenvalue weighted by molar-refractivity contribution is -0.138. The Kier molecular flexibility index (Phi) is 4.94. The molecule has 0 bridgehead atoms. The second-order valence-electron chi connectivity index (χ2n) is 8.21. The van der Waals surface area contributed by atoms with Crippen molar-refractivity contribution in [3.63, 3.8) is 0 Å². The molecular formula is C26H23NO4. The van der Waals surface area contributed by atoms with Gasteiger partial charge >= 0.3 is 12.1 Å². The number of hydrogen-bond acceptors (Lipinski definition) is 3. The van der Waals surface area contributed by atoms with E-state index in [-0.39, 0.29) is 24.4 Å². The summed E-state index contributed by atoms with van der Waals surface area (Å²) in [6, 6.07) is 24.2. The highest BCUT2D eigenvalue weighted by Crippen LogP contribution is 2.47. The number of fused-ring (bicyclic) bond motifs is 3. The highest BCUT2D eigenvalue weighted by atomic mass is 16.5. The molecule has 5 nitrogen and oxygen atoms in total. The van der Waals surface area contributed by atoms with Gasteiger partial charge in [-0.25, -0.2) is 4.79 Å². The number of carboxylic acids is 1. The fourth-order valence-corrected chi connectivity index (χ4v) is 4.54. The number of rotatable bonds is 6. The largest absolute Gasteiger partial charge is 0.481 e. The molecule has 2 N–H and O–H groups in total. The number of aliphatic carboxylic acids is 1. The smallest absolute Gasteiger partial charge is 0.407 e. The Hall–Kier alpha value is -3.60. The molecular weight excluding hydrogens is 390 g/mol. The van der Waals surface area contributed by atoms with Gasteiger partial charge in [-0.2, -0.15) is 0 Å². The number of amides is 1. The van der Waals surface area contributed by atoms with E-state index in [4.69, 9.17) is 9.84 Å². The summed E-state index contributed by atoms with van der Waals surface area (Å²) in [6.45, 7) is 0.654. The van der Waals surface area contributed by atoms with Gasteiger partial charge in [0.15, 0.2) is 0 Å². The molecule has 2 aliphatic rings. The van der Waals surface area contributed by atoms with Gasteiger partial charge in [-0.3, -0.25) is 4.79 Å². The van der Waals surface area contributed by atoms with Gasteiger partial charge in [-0.05, 0) is 45.7 Å². The Labute approximate surface area is 180 Å². The molecule has 5 rings (SSSR count). The number of carbonyl (C=O) groups is 2. The van der Waals surface area contributed by atoms with E-state index in [1.165, 1.54) is 22.3 Å². The van der Waals surface area contributed by atoms with Gasteiger partial charge in [-0.15, -0.1) is 0 Å². The van der Waals surface area contributed by atoms with E-state index in [0.717, 1.165) is 11.1 Å². The molecule has 2 aliphatic carbocycles. The number of alkyl carbamates (subject to hydrolysis) is 1. The highest BCUT2D eigenvalue weighted by molar-refractivity contribution is 5.79. The molecule has 0 radical (unpaired) electrons. The van der Waals surface area contributed by atoms with Crippen LogP contribution in [0.2, 0.25) is 0 Å². The number of nitrogens with one attached hydrogen (secondary N) is 1. The maximum atomic E-state index is 12.3. The Bertz CT molecular complexity index is 1090. The number of benzene rings is 3. The maximum absolute atomic E-state index is 12.3. The van der Waals surface area contributed by atoms with E-state index >= 15 is 0 Å². The van der Waals surface area contributed by atoms with Crippen molar-refractivity contribution in [1.82, 2.24) is 5.32 Å². The SMILES string of the molecule is O=C(NCc1ccc(C2CC2C(=O)O)cc1)OCC1c2ccccc2-c2ccccc21. The van der Waals surface area contributed by atoms with Crippen molar-refractivity contribution in [2.75, 3.05) is 6.61 Å². The summed E-state index contributed by atoms with van der Waals surface area (Å²) in [6.07, 6.45) is 0.256. The number of hydrogen-bond donors (Lipinski definition) is 2. The molecule has 0 saturated heterocycles. The number of carboxylic acid groups (broad SMARTS) is 1. The minimum atomic E-state index is -0.731. The zero-order valence-corrected chi connectivity index (χ0v) is 17.0. The van der Waals surface area contributed by atoms with Crippen molar-refractivity contribution < 1.29 is 19.4 Å². The number of ether oxygens (including phenoxy) is 1. The zero-order chi connectivity index (χ0) is 21.4. The summed E-state index contributed by atoms with van der Waals surface area (Å²) in [7, 11) is 0. The van der Waals surface area contributed by atoms with Crippen LogP contribution >= 0.6 is 0 Å². The van der Waals surface area contributed by atoms with Crippen molar-refractivity contribution in [1.29, 1.82) is 0 Å². The zero-order valence-electron chi connectivity index (χ0n) is 17.0. The quantitative estimate of drug-likeness (QED) is 0.602. The summed E-state index contributed by atoms with van der Waals surface area (Å²) in [5.41, 5.74) is 6.77. The van der Waals surface area contributed by atoms with Crippen LogP contribution < -0.4 is 5.32 Å². The average molecular weight is 413 g/mol. The Morgan fingerprint density at radius 1 is 0.903 bits per heavy atom. The molecule has 0 aliphatic heterocycles. The van der Waals surface area contributed by atoms with Gasteiger partial charge < -0.3 is 15.2 Å². The molecule has 1 amide bonds. The first-order chi connectivity index (χ1) is 15.1. The molecule has 2 atom stereocenters. The van der Waals surface area contributed by atoms with E-state index < -0.39 is 12.1 Å². The summed E-state index contributed by atoms with van der Waals surface area (Å²) < 4.78 is 5.56. The fraction of sp³-hybridized carbons (Fsp3) is 0.231. The van der Waals surface area contributed by atoms with Gasteiger partial charge in [0, 0.05) is 12.5 Å². The van der Waals surface area contributed by atoms with Crippen LogP contribution in [-0.2, 0) is 16.1 Å². The molecule has 0 heterocycles. The third-order valence-electron chi connectivity index (χ3n) is 6.30. The Balaban J connectivity index is 1.16. The van der Waals surface area contributed by atoms with Crippen LogP contribution in [0.5, 0.6) is 0 Å². The van der Waals surface area contributed by atoms with Gasteiger partial charge in [0.25, 0.3) is 0 Å². The van der Waals surface area contributed by atoms with E-state index in [2.05, 4.69) is 29.6 Å². The van der Waals surface area contributed by atoms with Crippen LogP contribution in [0.4, 0.5) is 4.79 Å². The number of carbonyl (C=O) groups excluding carboxylic acids is 1. The summed E-state index contributed by atoms with van der Waals surface area (Å²) in [5.74, 6) is -0.837. The lowest BCUT2D eigenvalue weighted by Crippen LogP contribution is -2.25. The molecule has 1 saturated carbocycles. The molecule has 0 aromatic heterocycles. The summed E-state index contributed by atoms with van der Waals surface area (Å²) in [5, 5.41) is 11.9. The van der Waals surface area contributed by atoms with Gasteiger partial charge in [0.05, 0.1) is 5.92 Å². The van der Waals surface area contributed by atoms with Crippen LogP contribution in [0.15, 0.2) is 72.8 Å². The van der Waals surface area contributed by atoms with Crippen molar-refractivity contribution >= 4 is 12.1 Å². The van der Waals surface area contributed by atoms with E-state index in [0.29, 0.717) is 13.0 Å². The Morgan fingerprint density at radius 2 is 1.52 bits per heavy atom. The lowest BCUT2D eigenvalue weighted by atomic mass is 9.98. The van der Waals surface area contributed by atoms with Crippen LogP contribution in [0.3, 0.4) is 0 Å². The second-order valence-corrected chi connectivity index (χ2v) is 8.21. The van der Waals surface area contributed by atoms with E-state index in [9.17, 15) is 9.59 Å². The van der Waals surface area contributed by atoms with Crippen molar-refractivity contribution in [3.8, 4) is 11.1 Å². The third kappa shape index (κ3) is 3.79. The molecule has 156 valence electrons. The first kappa shape index (κ1) is 19.4. The monoisotopic (exact) mass is 413 g/mol. The van der Waals surface area contributed by atoms with Gasteiger partial charge in [0.1, 0.15) is 6.61 Å². The Morgan fingerprint density at radius 3 is 2.10 bits per heavy atom.